The number of hydrogen-bond donors (Lipinski definition) is 0. The van der Waals surface area contributed by atoms with Gasteiger partial charge in [0, 0.05) is 5.92 Å². The normalized spacial score (nSPS) is 11.7. The molecule has 0 heterocycles. The van der Waals surface area contributed by atoms with Crippen molar-refractivity contribution in [1.29, 1.82) is 0 Å². The van der Waals surface area contributed by atoms with Crippen molar-refractivity contribution in [2.24, 2.45) is 5.92 Å². The van der Waals surface area contributed by atoms with Gasteiger partial charge >= 0.3 is 51.4 Å². The second kappa shape index (κ2) is 7.31. The van der Waals surface area contributed by atoms with Crippen molar-refractivity contribution in [3.8, 4) is 0 Å². The van der Waals surface area contributed by atoms with Crippen LogP contribution >= 0.6 is 0 Å². The molecule has 0 saturated carbocycles. The third kappa shape index (κ3) is 7.31. The van der Waals surface area contributed by atoms with E-state index < -0.39 is 0 Å². The topological polar surface area (TPSA) is 17.1 Å². The Labute approximate surface area is 88.8 Å². The summed E-state index contributed by atoms with van der Waals surface area (Å²) in [6.07, 6.45) is 1.93. The van der Waals surface area contributed by atoms with E-state index in [1.807, 2.05) is 13.8 Å². The van der Waals surface area contributed by atoms with Crippen LogP contribution in [0.2, 0.25) is 0 Å². The summed E-state index contributed by atoms with van der Waals surface area (Å²) in [4.78, 5) is 9.74. The summed E-state index contributed by atoms with van der Waals surface area (Å²) in [5.41, 5.74) is 0. The molecule has 0 aromatic heterocycles. The third-order valence-electron chi connectivity index (χ3n) is 0.876. The zero-order chi connectivity index (χ0) is 4.99. The fraction of sp³-hybridized carbons (Fsp3) is 0.800. The first-order valence-electron chi connectivity index (χ1n) is 2.26. The average Bonchev–Trinajstić information content (AvgIpc) is 1.65. The van der Waals surface area contributed by atoms with E-state index in [4.69, 9.17) is 0 Å². The summed E-state index contributed by atoms with van der Waals surface area (Å²) in [6.45, 7) is 3.91. The van der Waals surface area contributed by atoms with Crippen molar-refractivity contribution >= 4 is 6.29 Å². The first-order chi connectivity index (χ1) is 2.81. The molecular formula is C5H11KO. The van der Waals surface area contributed by atoms with Gasteiger partial charge in [-0.3, -0.25) is 0 Å². The fourth-order valence-electron chi connectivity index (χ4n) is 0.0962. The summed E-state index contributed by atoms with van der Waals surface area (Å²) < 4.78 is 0. The SMILES string of the molecule is CCC(C)C=O.[H-].[K+]. The van der Waals surface area contributed by atoms with Crippen LogP contribution in [0.15, 0.2) is 0 Å². The average molecular weight is 126 g/mol. The van der Waals surface area contributed by atoms with Gasteiger partial charge in [0.05, 0.1) is 0 Å². The minimum absolute atomic E-state index is 0. The maximum Gasteiger partial charge on any atom is 1.00 e. The molecule has 0 saturated heterocycles. The van der Waals surface area contributed by atoms with Crippen molar-refractivity contribution < 1.29 is 57.6 Å². The molecule has 0 N–H and O–H groups in total. The van der Waals surface area contributed by atoms with E-state index in [1.165, 1.54) is 0 Å². The molecule has 0 radical (unpaired) electrons. The summed E-state index contributed by atoms with van der Waals surface area (Å²) in [5.74, 6) is 0.255. The molecule has 0 aliphatic rings. The van der Waals surface area contributed by atoms with E-state index in [0.29, 0.717) is 0 Å². The molecule has 38 valence electrons. The van der Waals surface area contributed by atoms with Crippen molar-refractivity contribution in [3.05, 3.63) is 0 Å². The zero-order valence-electron chi connectivity index (χ0n) is 6.27. The van der Waals surface area contributed by atoms with Gasteiger partial charge in [0.25, 0.3) is 0 Å². The largest absolute Gasteiger partial charge is 1.00 e. The van der Waals surface area contributed by atoms with Crippen molar-refractivity contribution in [3.63, 3.8) is 0 Å². The van der Waals surface area contributed by atoms with E-state index in [2.05, 4.69) is 0 Å². The number of aldehydes is 1. The smallest absolute Gasteiger partial charge is 1.00 e. The Morgan fingerprint density at radius 2 is 2.29 bits per heavy atom. The van der Waals surface area contributed by atoms with Crippen LogP contribution in [0.3, 0.4) is 0 Å². The minimum atomic E-state index is 0. The van der Waals surface area contributed by atoms with Gasteiger partial charge in [-0.15, -0.1) is 0 Å². The predicted molar refractivity (Wildman–Crippen MR) is 26.6 cm³/mol. The van der Waals surface area contributed by atoms with Gasteiger partial charge in [-0.05, 0) is 6.42 Å². The van der Waals surface area contributed by atoms with Gasteiger partial charge in [-0.2, -0.15) is 0 Å². The van der Waals surface area contributed by atoms with Gasteiger partial charge in [0.1, 0.15) is 6.29 Å². The molecule has 0 aromatic carbocycles. The maximum atomic E-state index is 9.74. The van der Waals surface area contributed by atoms with Crippen LogP contribution < -0.4 is 51.4 Å². The molecule has 0 aliphatic heterocycles. The first-order valence-corrected chi connectivity index (χ1v) is 2.26. The molecule has 1 unspecified atom stereocenters. The fourth-order valence-corrected chi connectivity index (χ4v) is 0.0962. The first kappa shape index (κ1) is 11.1. The maximum absolute atomic E-state index is 9.74. The van der Waals surface area contributed by atoms with Gasteiger partial charge in [0.15, 0.2) is 0 Å². The van der Waals surface area contributed by atoms with E-state index in [-0.39, 0.29) is 58.7 Å². The van der Waals surface area contributed by atoms with Crippen LogP contribution in [0.1, 0.15) is 21.7 Å². The van der Waals surface area contributed by atoms with Crippen LogP contribution in [-0.4, -0.2) is 6.29 Å². The molecule has 0 spiro atoms. The van der Waals surface area contributed by atoms with Gasteiger partial charge in [-0.25, -0.2) is 0 Å². The Morgan fingerprint density at radius 1 is 1.86 bits per heavy atom. The number of rotatable bonds is 2. The number of carbonyl (C=O) groups excluding carboxylic acids is 1. The summed E-state index contributed by atoms with van der Waals surface area (Å²) in [7, 11) is 0. The quantitative estimate of drug-likeness (QED) is 0.320. The van der Waals surface area contributed by atoms with Crippen LogP contribution in [0.4, 0.5) is 0 Å². The molecule has 1 atom stereocenters. The van der Waals surface area contributed by atoms with Gasteiger partial charge < -0.3 is 6.22 Å². The predicted octanol–water partition coefficient (Wildman–Crippen LogP) is -1.65. The molecule has 2 heteroatoms. The second-order valence-electron chi connectivity index (χ2n) is 1.52. The van der Waals surface area contributed by atoms with Crippen LogP contribution in [0, 0.1) is 5.92 Å². The number of carbonyl (C=O) groups is 1. The molecule has 0 rings (SSSR count). The van der Waals surface area contributed by atoms with E-state index in [1.54, 1.807) is 0 Å². The third-order valence-corrected chi connectivity index (χ3v) is 0.876. The summed E-state index contributed by atoms with van der Waals surface area (Å²) in [5, 5.41) is 0. The van der Waals surface area contributed by atoms with E-state index in [9.17, 15) is 4.79 Å². The van der Waals surface area contributed by atoms with Crippen LogP contribution in [-0.2, 0) is 4.79 Å². The second-order valence-corrected chi connectivity index (χ2v) is 1.52. The van der Waals surface area contributed by atoms with E-state index in [0.717, 1.165) is 12.7 Å². The summed E-state index contributed by atoms with van der Waals surface area (Å²) in [6, 6.07) is 0. The Morgan fingerprint density at radius 3 is 2.29 bits per heavy atom. The molecule has 0 bridgehead atoms. The standard InChI is InChI=1S/C5H10O.K.H/c1-3-5(2)4-6;;/h4-5H,3H2,1-2H3;;/q;+1;-1. The molecule has 0 amide bonds. The minimum Gasteiger partial charge on any atom is -1.00 e. The Bertz CT molecular complexity index is 49.7. The Kier molecular flexibility index (Phi) is 11.6. The molecular weight excluding hydrogens is 115 g/mol. The van der Waals surface area contributed by atoms with Crippen molar-refractivity contribution in [2.45, 2.75) is 20.3 Å². The molecule has 1 nitrogen and oxygen atoms in total. The molecule has 0 aromatic rings. The molecule has 0 aliphatic carbocycles. The monoisotopic (exact) mass is 126 g/mol. The Balaban J connectivity index is -0.000000125. The molecule has 7 heavy (non-hydrogen) atoms. The zero-order valence-corrected chi connectivity index (χ0v) is 8.39. The number of hydrogen-bond acceptors (Lipinski definition) is 1. The summed E-state index contributed by atoms with van der Waals surface area (Å²) >= 11 is 0. The Hall–Kier alpha value is 1.31. The van der Waals surface area contributed by atoms with Crippen molar-refractivity contribution in [1.82, 2.24) is 0 Å². The van der Waals surface area contributed by atoms with Crippen LogP contribution in [0.25, 0.3) is 0 Å². The van der Waals surface area contributed by atoms with Gasteiger partial charge in [0.2, 0.25) is 0 Å². The van der Waals surface area contributed by atoms with Crippen LogP contribution in [0.5, 0.6) is 0 Å². The molecule has 0 fully saturated rings. The van der Waals surface area contributed by atoms with Gasteiger partial charge in [-0.1, -0.05) is 13.8 Å². The van der Waals surface area contributed by atoms with Crippen molar-refractivity contribution in [2.75, 3.05) is 0 Å². The van der Waals surface area contributed by atoms with E-state index >= 15 is 0 Å².